The number of phenolic OH excluding ortho intramolecular Hbond substituents is 3. The lowest BCUT2D eigenvalue weighted by molar-refractivity contribution is -0.00518. The molecule has 0 saturated heterocycles. The molecule has 3 N–H and O–H groups in total. The number of benzene rings is 2. The van der Waals surface area contributed by atoms with Crippen molar-refractivity contribution >= 4 is 5.78 Å². The first kappa shape index (κ1) is 14.8. The topological polar surface area (TPSA) is 105 Å². The van der Waals surface area contributed by atoms with Gasteiger partial charge in [-0.15, -0.1) is 0 Å². The van der Waals surface area contributed by atoms with Crippen LogP contribution in [0.1, 0.15) is 16.8 Å². The molecule has 1 atom stereocenters. The molecule has 1 unspecified atom stereocenters. The van der Waals surface area contributed by atoms with E-state index in [0.29, 0.717) is 0 Å². The van der Waals surface area contributed by atoms with Gasteiger partial charge in [-0.25, -0.2) is 0 Å². The van der Waals surface area contributed by atoms with Crippen LogP contribution in [0.3, 0.4) is 0 Å². The number of ketones is 1. The Labute approximate surface area is 131 Å². The third kappa shape index (κ3) is 2.80. The number of carbonyl (C=O) groups excluding carboxylic acids is 1. The lowest BCUT2D eigenvalue weighted by Gasteiger charge is -2.26. The lowest BCUT2D eigenvalue weighted by Crippen LogP contribution is -2.31. The molecule has 2 aromatic carbocycles. The minimum Gasteiger partial charge on any atom is -0.508 e. The van der Waals surface area contributed by atoms with Crippen molar-refractivity contribution in [2.24, 2.45) is 0 Å². The summed E-state index contributed by atoms with van der Waals surface area (Å²) in [6.45, 7) is 0. The Bertz CT molecular complexity index is 769. The molecule has 1 heterocycles. The third-order valence-corrected chi connectivity index (χ3v) is 3.37. The maximum Gasteiger partial charge on any atom is 0.248 e. The third-order valence-electron chi connectivity index (χ3n) is 3.37. The van der Waals surface area contributed by atoms with Crippen LogP contribution in [0, 0.1) is 0 Å². The number of rotatable bonds is 3. The van der Waals surface area contributed by atoms with Crippen molar-refractivity contribution in [2.45, 2.75) is 12.7 Å². The molecule has 120 valence electrons. The maximum atomic E-state index is 12.1. The van der Waals surface area contributed by atoms with E-state index in [-0.39, 0.29) is 52.3 Å². The zero-order chi connectivity index (χ0) is 16.6. The highest BCUT2D eigenvalue weighted by molar-refractivity contribution is 6.02. The first-order valence-electron chi connectivity index (χ1n) is 6.77. The number of aromatic hydroxyl groups is 3. The van der Waals surface area contributed by atoms with Crippen LogP contribution in [0.4, 0.5) is 0 Å². The van der Waals surface area contributed by atoms with Crippen molar-refractivity contribution < 1.29 is 34.3 Å². The highest BCUT2D eigenvalue weighted by Crippen LogP contribution is 2.38. The van der Waals surface area contributed by atoms with E-state index in [4.69, 9.17) is 14.2 Å². The van der Waals surface area contributed by atoms with Gasteiger partial charge < -0.3 is 29.5 Å². The Morgan fingerprint density at radius 2 is 1.91 bits per heavy atom. The van der Waals surface area contributed by atoms with Gasteiger partial charge in [0.05, 0.1) is 13.5 Å². The number of phenols is 3. The van der Waals surface area contributed by atoms with Gasteiger partial charge in [0.1, 0.15) is 28.6 Å². The Hall–Kier alpha value is -3.09. The monoisotopic (exact) mass is 318 g/mol. The molecule has 0 aromatic heterocycles. The average molecular weight is 318 g/mol. The minimum absolute atomic E-state index is 0.0141. The molecule has 0 radical (unpaired) electrons. The smallest absolute Gasteiger partial charge is 0.248 e. The van der Waals surface area contributed by atoms with Crippen molar-refractivity contribution in [3.63, 3.8) is 0 Å². The van der Waals surface area contributed by atoms with Crippen molar-refractivity contribution in [3.8, 4) is 34.5 Å². The molecule has 0 aliphatic carbocycles. The van der Waals surface area contributed by atoms with E-state index in [1.165, 1.54) is 25.3 Å². The quantitative estimate of drug-likeness (QED) is 0.796. The fourth-order valence-corrected chi connectivity index (χ4v) is 2.36. The van der Waals surface area contributed by atoms with E-state index < -0.39 is 6.29 Å². The Kier molecular flexibility index (Phi) is 3.61. The van der Waals surface area contributed by atoms with Crippen LogP contribution >= 0.6 is 0 Å². The predicted octanol–water partition coefficient (Wildman–Crippen LogP) is 2.18. The first-order chi connectivity index (χ1) is 11.0. The molecule has 1 aliphatic heterocycles. The largest absolute Gasteiger partial charge is 0.508 e. The van der Waals surface area contributed by atoms with Crippen LogP contribution in [0.2, 0.25) is 0 Å². The summed E-state index contributed by atoms with van der Waals surface area (Å²) in [5, 5.41) is 28.9. The number of ether oxygens (including phenoxy) is 3. The Morgan fingerprint density at radius 3 is 2.61 bits per heavy atom. The second-order valence-electron chi connectivity index (χ2n) is 4.96. The number of carbonyl (C=O) groups is 1. The summed E-state index contributed by atoms with van der Waals surface area (Å²) >= 11 is 0. The normalized spacial score (nSPS) is 16.4. The molecule has 3 rings (SSSR count). The molecular formula is C16H14O7. The van der Waals surface area contributed by atoms with Crippen molar-refractivity contribution in [1.82, 2.24) is 0 Å². The Morgan fingerprint density at radius 1 is 1.13 bits per heavy atom. The molecule has 0 bridgehead atoms. The van der Waals surface area contributed by atoms with Crippen LogP contribution in [0.5, 0.6) is 34.5 Å². The van der Waals surface area contributed by atoms with E-state index in [0.717, 1.165) is 6.07 Å². The van der Waals surface area contributed by atoms with E-state index >= 15 is 0 Å². The van der Waals surface area contributed by atoms with Crippen LogP contribution in [0.15, 0.2) is 30.3 Å². The lowest BCUT2D eigenvalue weighted by atomic mass is 10.0. The van der Waals surface area contributed by atoms with Crippen LogP contribution < -0.4 is 14.2 Å². The van der Waals surface area contributed by atoms with Gasteiger partial charge in [-0.1, -0.05) is 0 Å². The minimum atomic E-state index is -0.941. The molecule has 0 spiro atoms. The van der Waals surface area contributed by atoms with Crippen molar-refractivity contribution in [2.75, 3.05) is 7.11 Å². The van der Waals surface area contributed by atoms with Crippen molar-refractivity contribution in [1.29, 1.82) is 0 Å². The summed E-state index contributed by atoms with van der Waals surface area (Å²) in [7, 11) is 1.42. The molecule has 2 aromatic rings. The molecule has 0 amide bonds. The summed E-state index contributed by atoms with van der Waals surface area (Å²) in [5.74, 6) is -0.426. The molecule has 0 saturated carbocycles. The van der Waals surface area contributed by atoms with E-state index in [1.54, 1.807) is 6.07 Å². The highest BCUT2D eigenvalue weighted by atomic mass is 16.7. The molecule has 7 nitrogen and oxygen atoms in total. The molecule has 1 aliphatic rings. The maximum absolute atomic E-state index is 12.1. The predicted molar refractivity (Wildman–Crippen MR) is 78.4 cm³/mol. The van der Waals surface area contributed by atoms with Crippen LogP contribution in [-0.4, -0.2) is 34.5 Å². The summed E-state index contributed by atoms with van der Waals surface area (Å²) in [6, 6.07) is 6.71. The zero-order valence-corrected chi connectivity index (χ0v) is 12.1. The van der Waals surface area contributed by atoms with Gasteiger partial charge in [0, 0.05) is 18.2 Å². The molecule has 23 heavy (non-hydrogen) atoms. The van der Waals surface area contributed by atoms with Gasteiger partial charge in [0.15, 0.2) is 17.3 Å². The van der Waals surface area contributed by atoms with Gasteiger partial charge in [-0.05, 0) is 12.1 Å². The van der Waals surface area contributed by atoms with E-state index in [9.17, 15) is 20.1 Å². The van der Waals surface area contributed by atoms with Gasteiger partial charge in [-0.2, -0.15) is 0 Å². The van der Waals surface area contributed by atoms with Crippen LogP contribution in [0.25, 0.3) is 0 Å². The number of fused-ring (bicyclic) bond motifs is 1. The van der Waals surface area contributed by atoms with Gasteiger partial charge in [-0.3, -0.25) is 4.79 Å². The van der Waals surface area contributed by atoms with Gasteiger partial charge in [0.25, 0.3) is 0 Å². The van der Waals surface area contributed by atoms with Crippen molar-refractivity contribution in [3.05, 3.63) is 35.9 Å². The summed E-state index contributed by atoms with van der Waals surface area (Å²) in [6.07, 6.45) is -1.05. The average Bonchev–Trinajstić information content (AvgIpc) is 2.46. The van der Waals surface area contributed by atoms with Gasteiger partial charge in [0.2, 0.25) is 6.29 Å². The number of Topliss-reactive ketones (excluding diaryl/α,β-unsaturated/α-hetero) is 1. The second-order valence-corrected chi connectivity index (χ2v) is 4.96. The fraction of sp³-hybridized carbons (Fsp3) is 0.188. The standard InChI is InChI=1S/C16H14O7/c1-21-13-3-2-9(6-10(13)18)22-15-7-12(20)16-11(19)4-8(17)5-14(16)23-15/h2-6,15,17-19H,7H2,1H3. The molecule has 0 fully saturated rings. The number of hydrogen-bond acceptors (Lipinski definition) is 7. The molecule has 7 heteroatoms. The Balaban J connectivity index is 1.83. The fourth-order valence-electron chi connectivity index (χ4n) is 2.36. The summed E-state index contributed by atoms with van der Waals surface area (Å²) < 4.78 is 15.9. The van der Waals surface area contributed by atoms with E-state index in [1.807, 2.05) is 0 Å². The van der Waals surface area contributed by atoms with Gasteiger partial charge >= 0.3 is 0 Å². The second kappa shape index (κ2) is 5.60. The number of hydrogen-bond donors (Lipinski definition) is 3. The zero-order valence-electron chi connectivity index (χ0n) is 12.1. The summed E-state index contributed by atoms with van der Waals surface area (Å²) in [4.78, 5) is 12.1. The van der Waals surface area contributed by atoms with Crippen LogP contribution in [-0.2, 0) is 0 Å². The SMILES string of the molecule is COc1ccc(OC2CC(=O)c3c(O)cc(O)cc3O2)cc1O. The molecular weight excluding hydrogens is 304 g/mol. The number of methoxy groups -OCH3 is 1. The van der Waals surface area contributed by atoms with E-state index in [2.05, 4.69) is 0 Å². The first-order valence-corrected chi connectivity index (χ1v) is 6.77. The highest BCUT2D eigenvalue weighted by Gasteiger charge is 2.31. The summed E-state index contributed by atoms with van der Waals surface area (Å²) in [5.41, 5.74) is 0.0141.